The second kappa shape index (κ2) is 9.88. The Morgan fingerprint density at radius 2 is 1.88 bits per heavy atom. The van der Waals surface area contributed by atoms with Crippen molar-refractivity contribution < 1.29 is 9.53 Å². The molecule has 0 aliphatic rings. The maximum Gasteiger partial charge on any atom is 0.266 e. The van der Waals surface area contributed by atoms with E-state index in [1.54, 1.807) is 30.3 Å². The van der Waals surface area contributed by atoms with Crippen molar-refractivity contribution in [3.8, 4) is 11.8 Å². The zero-order chi connectivity index (χ0) is 23.2. The number of nitrogens with one attached hydrogen (secondary N) is 1. The van der Waals surface area contributed by atoms with Crippen LogP contribution in [0.4, 0.5) is 5.69 Å². The van der Waals surface area contributed by atoms with E-state index in [2.05, 4.69) is 47.1 Å². The molecule has 0 atom stereocenters. The molecule has 5 heteroatoms. The zero-order valence-electron chi connectivity index (χ0n) is 18.7. The first-order valence-corrected chi connectivity index (χ1v) is 10.9. The Bertz CT molecular complexity index is 1360. The number of aromatic nitrogens is 1. The molecule has 1 heterocycles. The van der Waals surface area contributed by atoms with Gasteiger partial charge in [0.1, 0.15) is 17.4 Å². The van der Waals surface area contributed by atoms with E-state index in [1.165, 1.54) is 11.1 Å². The quantitative estimate of drug-likeness (QED) is 0.288. The van der Waals surface area contributed by atoms with E-state index in [1.807, 2.05) is 37.4 Å². The van der Waals surface area contributed by atoms with Crippen LogP contribution < -0.4 is 10.1 Å². The van der Waals surface area contributed by atoms with E-state index in [4.69, 9.17) is 4.74 Å². The Morgan fingerprint density at radius 1 is 1.09 bits per heavy atom. The Labute approximate surface area is 193 Å². The number of rotatable bonds is 7. The molecule has 0 aliphatic carbocycles. The average Bonchev–Trinajstić information content (AvgIpc) is 3.16. The van der Waals surface area contributed by atoms with Gasteiger partial charge in [-0.25, -0.2) is 0 Å². The molecule has 3 aromatic carbocycles. The second-order valence-electron chi connectivity index (χ2n) is 7.80. The summed E-state index contributed by atoms with van der Waals surface area (Å²) in [4.78, 5) is 12.8. The molecule has 0 fully saturated rings. The number of hydrogen-bond acceptors (Lipinski definition) is 3. The van der Waals surface area contributed by atoms with Gasteiger partial charge in [-0.1, -0.05) is 48.0 Å². The average molecular weight is 436 g/mol. The van der Waals surface area contributed by atoms with Gasteiger partial charge in [0.05, 0.1) is 6.61 Å². The number of para-hydroxylation sites is 1. The van der Waals surface area contributed by atoms with Crippen LogP contribution >= 0.6 is 0 Å². The van der Waals surface area contributed by atoms with Gasteiger partial charge in [-0.15, -0.1) is 0 Å². The third kappa shape index (κ3) is 5.13. The number of aryl methyl sites for hydroxylation is 1. The van der Waals surface area contributed by atoms with E-state index in [0.29, 0.717) is 18.8 Å². The number of ether oxygens (including phenoxy) is 1. The van der Waals surface area contributed by atoms with Crippen LogP contribution in [0.3, 0.4) is 0 Å². The van der Waals surface area contributed by atoms with Crippen molar-refractivity contribution in [1.82, 2.24) is 4.57 Å². The maximum absolute atomic E-state index is 12.8. The first kappa shape index (κ1) is 21.9. The van der Waals surface area contributed by atoms with Gasteiger partial charge in [0.25, 0.3) is 5.91 Å². The molecule has 1 amide bonds. The Hall–Kier alpha value is -4.30. The molecule has 164 valence electrons. The van der Waals surface area contributed by atoms with Crippen LogP contribution in [-0.2, 0) is 11.3 Å². The van der Waals surface area contributed by atoms with Gasteiger partial charge in [-0.05, 0) is 55.8 Å². The third-order valence-corrected chi connectivity index (χ3v) is 5.34. The molecule has 0 bridgehead atoms. The lowest BCUT2D eigenvalue weighted by molar-refractivity contribution is -0.112. The minimum Gasteiger partial charge on any atom is -0.494 e. The number of carbonyl (C=O) groups excluding carboxylic acids is 1. The van der Waals surface area contributed by atoms with Gasteiger partial charge in [0.15, 0.2) is 0 Å². The summed E-state index contributed by atoms with van der Waals surface area (Å²) < 4.78 is 7.58. The van der Waals surface area contributed by atoms with Crippen molar-refractivity contribution in [1.29, 1.82) is 5.26 Å². The second-order valence-corrected chi connectivity index (χ2v) is 7.80. The van der Waals surface area contributed by atoms with Crippen molar-refractivity contribution in [2.24, 2.45) is 0 Å². The number of fused-ring (bicyclic) bond motifs is 1. The zero-order valence-corrected chi connectivity index (χ0v) is 18.7. The molecule has 0 spiro atoms. The van der Waals surface area contributed by atoms with Crippen molar-refractivity contribution in [3.63, 3.8) is 0 Å². The highest BCUT2D eigenvalue weighted by molar-refractivity contribution is 6.10. The van der Waals surface area contributed by atoms with Crippen molar-refractivity contribution >= 4 is 28.6 Å². The van der Waals surface area contributed by atoms with Crippen LogP contribution in [-0.4, -0.2) is 17.1 Å². The van der Waals surface area contributed by atoms with E-state index in [-0.39, 0.29) is 5.57 Å². The van der Waals surface area contributed by atoms with Crippen molar-refractivity contribution in [2.45, 2.75) is 20.4 Å². The van der Waals surface area contributed by atoms with Crippen molar-refractivity contribution in [2.75, 3.05) is 11.9 Å². The summed E-state index contributed by atoms with van der Waals surface area (Å²) in [6.07, 6.45) is 3.65. The number of amides is 1. The molecule has 0 radical (unpaired) electrons. The normalized spacial score (nSPS) is 11.2. The first-order valence-electron chi connectivity index (χ1n) is 10.9. The predicted molar refractivity (Wildman–Crippen MR) is 132 cm³/mol. The molecular formula is C28H25N3O2. The number of carbonyl (C=O) groups is 1. The van der Waals surface area contributed by atoms with Gasteiger partial charge in [-0.3, -0.25) is 4.79 Å². The Kier molecular flexibility index (Phi) is 6.56. The topological polar surface area (TPSA) is 67.0 Å². The highest BCUT2D eigenvalue weighted by Crippen LogP contribution is 2.25. The fraction of sp³-hybridized carbons (Fsp3) is 0.143. The Balaban J connectivity index is 1.62. The summed E-state index contributed by atoms with van der Waals surface area (Å²) in [5.74, 6) is 0.283. The minimum atomic E-state index is -0.447. The lowest BCUT2D eigenvalue weighted by Gasteiger charge is -2.06. The summed E-state index contributed by atoms with van der Waals surface area (Å²) in [6.45, 7) is 5.27. The van der Waals surface area contributed by atoms with Gasteiger partial charge in [0, 0.05) is 34.9 Å². The molecule has 0 unspecified atom stereocenters. The fourth-order valence-electron chi connectivity index (χ4n) is 3.83. The minimum absolute atomic E-state index is 0.0438. The van der Waals surface area contributed by atoms with Gasteiger partial charge < -0.3 is 14.6 Å². The van der Waals surface area contributed by atoms with Gasteiger partial charge in [0.2, 0.25) is 0 Å². The largest absolute Gasteiger partial charge is 0.494 e. The molecule has 0 saturated heterocycles. The highest BCUT2D eigenvalue weighted by Gasteiger charge is 2.13. The monoisotopic (exact) mass is 435 g/mol. The van der Waals surface area contributed by atoms with Crippen LogP contribution in [0.25, 0.3) is 17.0 Å². The molecule has 1 aromatic heterocycles. The lowest BCUT2D eigenvalue weighted by atomic mass is 10.1. The molecule has 1 N–H and O–H groups in total. The standard InChI is InChI=1S/C28H25N3O2/c1-3-33-25-13-11-24(12-14-25)30-28(32)22(17-29)16-23-19-31(27-10-5-4-9-26(23)27)18-21-8-6-7-20(2)15-21/h4-16,19H,3,18H2,1-2H3,(H,30,32)/b22-16-. The van der Waals surface area contributed by atoms with E-state index in [0.717, 1.165) is 22.2 Å². The number of anilines is 1. The number of hydrogen-bond donors (Lipinski definition) is 1. The molecule has 33 heavy (non-hydrogen) atoms. The van der Waals surface area contributed by atoms with Crippen LogP contribution in [0.2, 0.25) is 0 Å². The number of nitrogens with zero attached hydrogens (tertiary/aromatic N) is 2. The van der Waals surface area contributed by atoms with E-state index in [9.17, 15) is 10.1 Å². The smallest absolute Gasteiger partial charge is 0.266 e. The molecule has 4 rings (SSSR count). The van der Waals surface area contributed by atoms with E-state index < -0.39 is 5.91 Å². The van der Waals surface area contributed by atoms with Gasteiger partial charge >= 0.3 is 0 Å². The number of nitriles is 1. The summed E-state index contributed by atoms with van der Waals surface area (Å²) >= 11 is 0. The summed E-state index contributed by atoms with van der Waals surface area (Å²) in [7, 11) is 0. The molecule has 5 nitrogen and oxygen atoms in total. The lowest BCUT2D eigenvalue weighted by Crippen LogP contribution is -2.13. The van der Waals surface area contributed by atoms with Crippen LogP contribution in [0.1, 0.15) is 23.6 Å². The third-order valence-electron chi connectivity index (χ3n) is 5.34. The number of benzene rings is 3. The maximum atomic E-state index is 12.8. The highest BCUT2D eigenvalue weighted by atomic mass is 16.5. The molecule has 4 aromatic rings. The van der Waals surface area contributed by atoms with Crippen LogP contribution in [0.15, 0.2) is 84.6 Å². The van der Waals surface area contributed by atoms with Crippen LogP contribution in [0.5, 0.6) is 5.75 Å². The summed E-state index contributed by atoms with van der Waals surface area (Å²) in [5, 5.41) is 13.5. The van der Waals surface area contributed by atoms with Gasteiger partial charge in [-0.2, -0.15) is 5.26 Å². The SMILES string of the molecule is CCOc1ccc(NC(=O)/C(C#N)=C\c2cn(Cc3cccc(C)c3)c3ccccc23)cc1. The Morgan fingerprint density at radius 3 is 2.61 bits per heavy atom. The molecular weight excluding hydrogens is 410 g/mol. The van der Waals surface area contributed by atoms with Crippen molar-refractivity contribution in [3.05, 3.63) is 101 Å². The molecule has 0 saturated carbocycles. The first-order chi connectivity index (χ1) is 16.1. The predicted octanol–water partition coefficient (Wildman–Crippen LogP) is 5.94. The van der Waals surface area contributed by atoms with E-state index >= 15 is 0 Å². The summed E-state index contributed by atoms with van der Waals surface area (Å²) in [5.41, 5.74) is 4.93. The summed E-state index contributed by atoms with van der Waals surface area (Å²) in [6, 6.07) is 25.5. The molecule has 0 aliphatic heterocycles. The van der Waals surface area contributed by atoms with Crippen LogP contribution in [0, 0.1) is 18.3 Å². The fourth-order valence-corrected chi connectivity index (χ4v) is 3.83.